The molecule has 1 atom stereocenters. The Balaban J connectivity index is 2.80. The van der Waals surface area contributed by atoms with E-state index in [9.17, 15) is 4.79 Å². The first-order chi connectivity index (χ1) is 9.49. The van der Waals surface area contributed by atoms with E-state index in [0.29, 0.717) is 11.3 Å². The summed E-state index contributed by atoms with van der Waals surface area (Å²) >= 11 is 0. The number of nitrogens with two attached hydrogens (primary N) is 1. The Kier molecular flexibility index (Phi) is 6.56. The number of hydrogen-bond acceptors (Lipinski definition) is 2. The van der Waals surface area contributed by atoms with Gasteiger partial charge in [-0.15, -0.1) is 0 Å². The van der Waals surface area contributed by atoms with E-state index in [1.54, 1.807) is 6.07 Å². The lowest BCUT2D eigenvalue weighted by atomic mass is 10.0. The number of nitrogen functional groups attached to an aromatic ring is 1. The van der Waals surface area contributed by atoms with Crippen LogP contribution in [0.3, 0.4) is 0 Å². The summed E-state index contributed by atoms with van der Waals surface area (Å²) in [6.07, 6.45) is 5.48. The molecule has 3 heteroatoms. The maximum Gasteiger partial charge on any atom is 0.251 e. The third-order valence-electron chi connectivity index (χ3n) is 3.74. The molecule has 0 aliphatic carbocycles. The molecule has 3 nitrogen and oxygen atoms in total. The van der Waals surface area contributed by atoms with Gasteiger partial charge in [-0.3, -0.25) is 4.79 Å². The zero-order chi connectivity index (χ0) is 15.1. The first-order valence-electron chi connectivity index (χ1n) is 7.67. The van der Waals surface area contributed by atoms with Gasteiger partial charge in [0.05, 0.1) is 0 Å². The summed E-state index contributed by atoms with van der Waals surface area (Å²) in [5.41, 5.74) is 9.31. The van der Waals surface area contributed by atoms with Crippen molar-refractivity contribution < 1.29 is 4.79 Å². The Morgan fingerprint density at radius 2 is 1.85 bits per heavy atom. The van der Waals surface area contributed by atoms with E-state index < -0.39 is 0 Å². The molecule has 0 heterocycles. The molecular weight excluding hydrogens is 248 g/mol. The van der Waals surface area contributed by atoms with Crippen LogP contribution in [0.25, 0.3) is 0 Å². The van der Waals surface area contributed by atoms with Gasteiger partial charge < -0.3 is 11.1 Å². The molecular formula is C17H28N2O. The molecule has 0 aromatic heterocycles. The number of unbranched alkanes of at least 4 members (excludes halogenated alkanes) is 1. The van der Waals surface area contributed by atoms with E-state index in [1.165, 1.54) is 0 Å². The number of carbonyl (C=O) groups is 1. The molecule has 0 aliphatic rings. The highest BCUT2D eigenvalue weighted by molar-refractivity contribution is 5.96. The van der Waals surface area contributed by atoms with Gasteiger partial charge in [-0.05, 0) is 43.9 Å². The molecule has 112 valence electrons. The minimum Gasteiger partial charge on any atom is -0.398 e. The summed E-state index contributed by atoms with van der Waals surface area (Å²) < 4.78 is 0. The van der Waals surface area contributed by atoms with Crippen LogP contribution < -0.4 is 11.1 Å². The SMILES string of the molecule is CCCCC(CCC)NC(=O)c1cc(N)c(C)cc1C. The standard InChI is InChI=1S/C17H28N2O/c1-5-7-9-14(8-6-2)19-17(20)15-11-16(18)13(4)10-12(15)3/h10-11,14H,5-9,18H2,1-4H3,(H,19,20). The van der Waals surface area contributed by atoms with E-state index in [2.05, 4.69) is 19.2 Å². The second-order valence-electron chi connectivity index (χ2n) is 5.63. The average molecular weight is 276 g/mol. The van der Waals surface area contributed by atoms with Crippen LogP contribution in [0, 0.1) is 13.8 Å². The molecule has 0 fully saturated rings. The van der Waals surface area contributed by atoms with Crippen LogP contribution in [0.4, 0.5) is 5.69 Å². The van der Waals surface area contributed by atoms with Crippen LogP contribution in [-0.4, -0.2) is 11.9 Å². The first-order valence-corrected chi connectivity index (χ1v) is 7.67. The zero-order valence-electron chi connectivity index (χ0n) is 13.3. The molecule has 0 saturated heterocycles. The van der Waals surface area contributed by atoms with Gasteiger partial charge in [0.1, 0.15) is 0 Å². The summed E-state index contributed by atoms with van der Waals surface area (Å²) in [7, 11) is 0. The predicted molar refractivity (Wildman–Crippen MR) is 86.0 cm³/mol. The lowest BCUT2D eigenvalue weighted by Gasteiger charge is -2.19. The number of aryl methyl sites for hydroxylation is 2. The third kappa shape index (κ3) is 4.55. The number of benzene rings is 1. The zero-order valence-corrected chi connectivity index (χ0v) is 13.3. The molecule has 1 aromatic carbocycles. The summed E-state index contributed by atoms with van der Waals surface area (Å²) in [5, 5.41) is 3.16. The Labute approximate surface area is 122 Å². The van der Waals surface area contributed by atoms with Crippen molar-refractivity contribution in [2.24, 2.45) is 0 Å². The van der Waals surface area contributed by atoms with Gasteiger partial charge in [-0.2, -0.15) is 0 Å². The van der Waals surface area contributed by atoms with Crippen LogP contribution in [0.2, 0.25) is 0 Å². The molecule has 0 spiro atoms. The topological polar surface area (TPSA) is 55.1 Å². The highest BCUT2D eigenvalue weighted by atomic mass is 16.1. The summed E-state index contributed by atoms with van der Waals surface area (Å²) in [5.74, 6) is 0.00348. The van der Waals surface area contributed by atoms with Gasteiger partial charge in [-0.1, -0.05) is 39.2 Å². The third-order valence-corrected chi connectivity index (χ3v) is 3.74. The number of rotatable bonds is 7. The molecule has 0 aliphatic heterocycles. The molecule has 0 bridgehead atoms. The van der Waals surface area contributed by atoms with E-state index in [-0.39, 0.29) is 11.9 Å². The van der Waals surface area contributed by atoms with Crippen molar-refractivity contribution in [2.75, 3.05) is 5.73 Å². The highest BCUT2D eigenvalue weighted by Crippen LogP contribution is 2.18. The van der Waals surface area contributed by atoms with Crippen molar-refractivity contribution in [3.8, 4) is 0 Å². The normalized spacial score (nSPS) is 12.2. The van der Waals surface area contributed by atoms with E-state index in [0.717, 1.165) is 43.2 Å². The number of hydrogen-bond donors (Lipinski definition) is 2. The minimum atomic E-state index is 0.00348. The quantitative estimate of drug-likeness (QED) is 0.740. The van der Waals surface area contributed by atoms with E-state index in [1.807, 2.05) is 19.9 Å². The Morgan fingerprint density at radius 1 is 1.15 bits per heavy atom. The van der Waals surface area contributed by atoms with Gasteiger partial charge in [0.2, 0.25) is 0 Å². The number of nitrogens with one attached hydrogen (secondary N) is 1. The molecule has 0 radical (unpaired) electrons. The van der Waals surface area contributed by atoms with E-state index >= 15 is 0 Å². The molecule has 0 saturated carbocycles. The van der Waals surface area contributed by atoms with Crippen LogP contribution in [0.1, 0.15) is 67.4 Å². The van der Waals surface area contributed by atoms with Gasteiger partial charge in [0.25, 0.3) is 5.91 Å². The summed E-state index contributed by atoms with van der Waals surface area (Å²) in [6.45, 7) is 8.25. The first kappa shape index (κ1) is 16.5. The van der Waals surface area contributed by atoms with E-state index in [4.69, 9.17) is 5.73 Å². The van der Waals surface area contributed by atoms with Crippen LogP contribution in [0.15, 0.2) is 12.1 Å². The monoisotopic (exact) mass is 276 g/mol. The van der Waals surface area contributed by atoms with Gasteiger partial charge in [-0.25, -0.2) is 0 Å². The van der Waals surface area contributed by atoms with Crippen molar-refractivity contribution in [1.29, 1.82) is 0 Å². The van der Waals surface area contributed by atoms with Crippen molar-refractivity contribution in [3.05, 3.63) is 28.8 Å². The average Bonchev–Trinajstić information content (AvgIpc) is 2.40. The fraction of sp³-hybridized carbons (Fsp3) is 0.588. The maximum atomic E-state index is 12.4. The van der Waals surface area contributed by atoms with Crippen LogP contribution in [0.5, 0.6) is 0 Å². The fourth-order valence-corrected chi connectivity index (χ4v) is 2.46. The van der Waals surface area contributed by atoms with Crippen molar-refractivity contribution in [1.82, 2.24) is 5.32 Å². The smallest absolute Gasteiger partial charge is 0.251 e. The molecule has 1 aromatic rings. The van der Waals surface area contributed by atoms with Gasteiger partial charge in [0, 0.05) is 17.3 Å². The highest BCUT2D eigenvalue weighted by Gasteiger charge is 2.15. The lowest BCUT2D eigenvalue weighted by molar-refractivity contribution is 0.0931. The Morgan fingerprint density at radius 3 is 2.45 bits per heavy atom. The van der Waals surface area contributed by atoms with Crippen molar-refractivity contribution in [2.45, 2.75) is 65.8 Å². The molecule has 1 amide bonds. The second-order valence-corrected chi connectivity index (χ2v) is 5.63. The molecule has 1 unspecified atom stereocenters. The summed E-state index contributed by atoms with van der Waals surface area (Å²) in [6, 6.07) is 4.04. The fourth-order valence-electron chi connectivity index (χ4n) is 2.46. The van der Waals surface area contributed by atoms with Crippen molar-refractivity contribution in [3.63, 3.8) is 0 Å². The van der Waals surface area contributed by atoms with Gasteiger partial charge >= 0.3 is 0 Å². The number of carbonyl (C=O) groups excluding carboxylic acids is 1. The Hall–Kier alpha value is -1.51. The molecule has 3 N–H and O–H groups in total. The number of amides is 1. The molecule has 20 heavy (non-hydrogen) atoms. The van der Waals surface area contributed by atoms with Crippen LogP contribution >= 0.6 is 0 Å². The predicted octanol–water partition coefficient (Wildman–Crippen LogP) is 3.97. The second kappa shape index (κ2) is 7.93. The summed E-state index contributed by atoms with van der Waals surface area (Å²) in [4.78, 5) is 12.4. The lowest BCUT2D eigenvalue weighted by Crippen LogP contribution is -2.35. The van der Waals surface area contributed by atoms with Gasteiger partial charge in [0.15, 0.2) is 0 Å². The maximum absolute atomic E-state index is 12.4. The minimum absolute atomic E-state index is 0.00348. The van der Waals surface area contributed by atoms with Crippen LogP contribution in [-0.2, 0) is 0 Å². The molecule has 1 rings (SSSR count). The van der Waals surface area contributed by atoms with Crippen molar-refractivity contribution >= 4 is 11.6 Å². The Bertz CT molecular complexity index is 455. The largest absolute Gasteiger partial charge is 0.398 e. The number of anilines is 1.